The summed E-state index contributed by atoms with van der Waals surface area (Å²) in [6.45, 7) is 3.95. The number of nitrogens with zero attached hydrogens (tertiary/aromatic N) is 1. The normalized spacial score (nSPS) is 12.9. The second-order valence-electron chi connectivity index (χ2n) is 4.68. The summed E-state index contributed by atoms with van der Waals surface area (Å²) in [7, 11) is 3.20. The molecule has 0 bridgehead atoms. The molecule has 0 saturated heterocycles. The molecule has 0 amide bonds. The topological polar surface area (TPSA) is 41.9 Å². The standard InChI is InChI=1S/C14H21F2NO3/c1-10(9-20-3)17(4-5-19-2)8-11-6-12(15)14(18)13(16)7-11/h6-7,10,18H,4-5,8-9H2,1-3H3. The van der Waals surface area contributed by atoms with Crippen LogP contribution < -0.4 is 0 Å². The van der Waals surface area contributed by atoms with Gasteiger partial charge in [0.1, 0.15) is 0 Å². The third-order valence-electron chi connectivity index (χ3n) is 3.08. The van der Waals surface area contributed by atoms with Gasteiger partial charge >= 0.3 is 0 Å². The van der Waals surface area contributed by atoms with Gasteiger partial charge in [0.05, 0.1) is 13.2 Å². The highest BCUT2D eigenvalue weighted by Crippen LogP contribution is 2.22. The fourth-order valence-corrected chi connectivity index (χ4v) is 1.95. The number of methoxy groups -OCH3 is 2. The van der Waals surface area contributed by atoms with Crippen LogP contribution in [0, 0.1) is 11.6 Å². The molecule has 0 saturated carbocycles. The van der Waals surface area contributed by atoms with Crippen molar-refractivity contribution >= 4 is 0 Å². The van der Waals surface area contributed by atoms with Gasteiger partial charge in [0.2, 0.25) is 0 Å². The van der Waals surface area contributed by atoms with E-state index in [1.807, 2.05) is 11.8 Å². The van der Waals surface area contributed by atoms with Crippen LogP contribution in [0.1, 0.15) is 12.5 Å². The van der Waals surface area contributed by atoms with Crippen LogP contribution in [0.15, 0.2) is 12.1 Å². The molecule has 0 aliphatic heterocycles. The van der Waals surface area contributed by atoms with Gasteiger partial charge < -0.3 is 14.6 Å². The lowest BCUT2D eigenvalue weighted by Gasteiger charge is -2.28. The Kier molecular flexibility index (Phi) is 6.84. The second kappa shape index (κ2) is 8.14. The lowest BCUT2D eigenvalue weighted by Crippen LogP contribution is -2.38. The lowest BCUT2D eigenvalue weighted by atomic mass is 10.1. The van der Waals surface area contributed by atoms with Crippen LogP contribution in [-0.4, -0.2) is 50.0 Å². The zero-order valence-electron chi connectivity index (χ0n) is 12.0. The molecule has 0 aromatic heterocycles. The molecule has 1 atom stereocenters. The number of halogens is 2. The second-order valence-corrected chi connectivity index (χ2v) is 4.68. The largest absolute Gasteiger partial charge is 0.503 e. The van der Waals surface area contributed by atoms with Crippen LogP contribution in [0.3, 0.4) is 0 Å². The van der Waals surface area contributed by atoms with Crippen LogP contribution in [0.2, 0.25) is 0 Å². The Morgan fingerprint density at radius 1 is 1.20 bits per heavy atom. The summed E-state index contributed by atoms with van der Waals surface area (Å²) in [5.41, 5.74) is 0.455. The highest BCUT2D eigenvalue weighted by atomic mass is 19.1. The molecule has 0 spiro atoms. The van der Waals surface area contributed by atoms with Crippen LogP contribution in [0.4, 0.5) is 8.78 Å². The van der Waals surface area contributed by atoms with Gasteiger partial charge in [-0.25, -0.2) is 8.78 Å². The molecule has 114 valence electrons. The first-order valence-corrected chi connectivity index (χ1v) is 6.38. The molecule has 1 rings (SSSR count). The first-order valence-electron chi connectivity index (χ1n) is 6.38. The summed E-state index contributed by atoms with van der Waals surface area (Å²) in [6, 6.07) is 2.35. The van der Waals surface area contributed by atoms with Gasteiger partial charge in [-0.3, -0.25) is 4.90 Å². The lowest BCUT2D eigenvalue weighted by molar-refractivity contribution is 0.0704. The minimum absolute atomic E-state index is 0.0788. The van der Waals surface area contributed by atoms with Gasteiger partial charge in [-0.2, -0.15) is 0 Å². The van der Waals surface area contributed by atoms with Gasteiger partial charge in [-0.05, 0) is 24.6 Å². The first-order chi connectivity index (χ1) is 9.49. The van der Waals surface area contributed by atoms with E-state index in [0.717, 1.165) is 12.1 Å². The smallest absolute Gasteiger partial charge is 0.187 e. The van der Waals surface area contributed by atoms with Crippen molar-refractivity contribution in [2.75, 3.05) is 34.0 Å². The third-order valence-corrected chi connectivity index (χ3v) is 3.08. The number of hydrogen-bond donors (Lipinski definition) is 1. The maximum absolute atomic E-state index is 13.3. The molecule has 0 aliphatic carbocycles. The minimum Gasteiger partial charge on any atom is -0.503 e. The van der Waals surface area contributed by atoms with E-state index < -0.39 is 17.4 Å². The number of benzene rings is 1. The van der Waals surface area contributed by atoms with E-state index in [0.29, 0.717) is 31.9 Å². The predicted molar refractivity (Wildman–Crippen MR) is 71.6 cm³/mol. The van der Waals surface area contributed by atoms with E-state index in [1.54, 1.807) is 14.2 Å². The Morgan fingerprint density at radius 3 is 2.30 bits per heavy atom. The molecule has 0 aliphatic rings. The molecule has 0 fully saturated rings. The van der Waals surface area contributed by atoms with Gasteiger partial charge in [0, 0.05) is 33.4 Å². The van der Waals surface area contributed by atoms with Gasteiger partial charge in [0.15, 0.2) is 17.4 Å². The van der Waals surface area contributed by atoms with Crippen LogP contribution in [0.5, 0.6) is 5.75 Å². The number of phenolic OH excluding ortho intramolecular Hbond substituents is 1. The van der Waals surface area contributed by atoms with Crippen molar-refractivity contribution in [2.45, 2.75) is 19.5 Å². The van der Waals surface area contributed by atoms with Gasteiger partial charge in [0.25, 0.3) is 0 Å². The van der Waals surface area contributed by atoms with E-state index in [9.17, 15) is 8.78 Å². The van der Waals surface area contributed by atoms with Crippen molar-refractivity contribution in [1.29, 1.82) is 0 Å². The van der Waals surface area contributed by atoms with E-state index in [1.165, 1.54) is 0 Å². The molecular formula is C14H21F2NO3. The molecular weight excluding hydrogens is 268 g/mol. The molecule has 0 radical (unpaired) electrons. The summed E-state index contributed by atoms with van der Waals surface area (Å²) in [5.74, 6) is -2.85. The molecule has 1 N–H and O–H groups in total. The zero-order chi connectivity index (χ0) is 15.1. The minimum atomic E-state index is -0.953. The van der Waals surface area contributed by atoms with E-state index in [4.69, 9.17) is 14.6 Å². The predicted octanol–water partition coefficient (Wildman–Crippen LogP) is 2.15. The third kappa shape index (κ3) is 4.70. The SMILES string of the molecule is COCCN(Cc1cc(F)c(O)c(F)c1)C(C)COC. The molecule has 4 nitrogen and oxygen atoms in total. The Morgan fingerprint density at radius 2 is 1.80 bits per heavy atom. The average Bonchev–Trinajstić information content (AvgIpc) is 2.40. The van der Waals surface area contributed by atoms with Crippen LogP contribution in [0.25, 0.3) is 0 Å². The maximum atomic E-state index is 13.3. The average molecular weight is 289 g/mol. The number of rotatable bonds is 8. The van der Waals surface area contributed by atoms with Gasteiger partial charge in [-0.15, -0.1) is 0 Å². The summed E-state index contributed by atoms with van der Waals surface area (Å²) in [4.78, 5) is 2.00. The fraction of sp³-hybridized carbons (Fsp3) is 0.571. The first kappa shape index (κ1) is 16.8. The van der Waals surface area contributed by atoms with E-state index in [2.05, 4.69) is 0 Å². The molecule has 20 heavy (non-hydrogen) atoms. The van der Waals surface area contributed by atoms with Crippen molar-refractivity contribution in [2.24, 2.45) is 0 Å². The molecule has 6 heteroatoms. The summed E-state index contributed by atoms with van der Waals surface area (Å²) < 4.78 is 36.8. The Balaban J connectivity index is 2.82. The quantitative estimate of drug-likeness (QED) is 0.796. The van der Waals surface area contributed by atoms with Crippen molar-refractivity contribution in [3.05, 3.63) is 29.3 Å². The summed E-state index contributed by atoms with van der Waals surface area (Å²) in [5, 5.41) is 9.10. The summed E-state index contributed by atoms with van der Waals surface area (Å²) in [6.07, 6.45) is 0. The zero-order valence-corrected chi connectivity index (χ0v) is 12.0. The number of hydrogen-bond acceptors (Lipinski definition) is 4. The van der Waals surface area contributed by atoms with Gasteiger partial charge in [-0.1, -0.05) is 0 Å². The van der Waals surface area contributed by atoms with Crippen molar-refractivity contribution in [3.8, 4) is 5.75 Å². The Hall–Kier alpha value is -1.24. The van der Waals surface area contributed by atoms with E-state index >= 15 is 0 Å². The summed E-state index contributed by atoms with van der Waals surface area (Å²) >= 11 is 0. The Bertz CT molecular complexity index is 406. The monoisotopic (exact) mass is 289 g/mol. The van der Waals surface area contributed by atoms with Crippen LogP contribution >= 0.6 is 0 Å². The molecule has 1 unspecified atom stereocenters. The number of phenols is 1. The maximum Gasteiger partial charge on any atom is 0.187 e. The Labute approximate surface area is 117 Å². The van der Waals surface area contributed by atoms with E-state index in [-0.39, 0.29) is 6.04 Å². The fourth-order valence-electron chi connectivity index (χ4n) is 1.95. The highest BCUT2D eigenvalue weighted by Gasteiger charge is 2.16. The van der Waals surface area contributed by atoms with Crippen molar-refractivity contribution in [1.82, 2.24) is 4.90 Å². The van der Waals surface area contributed by atoms with Crippen molar-refractivity contribution in [3.63, 3.8) is 0 Å². The molecule has 1 aromatic carbocycles. The van der Waals surface area contributed by atoms with Crippen LogP contribution in [-0.2, 0) is 16.0 Å². The number of aromatic hydroxyl groups is 1. The molecule has 0 heterocycles. The van der Waals surface area contributed by atoms with Crippen molar-refractivity contribution < 1.29 is 23.4 Å². The number of ether oxygens (including phenoxy) is 2. The molecule has 1 aromatic rings. The highest BCUT2D eigenvalue weighted by molar-refractivity contribution is 5.30.